The summed E-state index contributed by atoms with van der Waals surface area (Å²) < 4.78 is 34.0. The molecule has 0 heterocycles. The van der Waals surface area contributed by atoms with E-state index in [1.165, 1.54) is 18.2 Å². The fourth-order valence-electron chi connectivity index (χ4n) is 3.09. The molecule has 0 fully saturated rings. The van der Waals surface area contributed by atoms with Crippen LogP contribution in [-0.4, -0.2) is 20.9 Å². The molecule has 3 rings (SSSR count). The number of hydrogen-bond acceptors (Lipinski definition) is 4. The summed E-state index contributed by atoms with van der Waals surface area (Å²) in [6, 6.07) is 17.1. The van der Waals surface area contributed by atoms with Gasteiger partial charge < -0.3 is 10.1 Å². The molecule has 0 unspecified atom stereocenters. The van der Waals surface area contributed by atoms with Gasteiger partial charge in [0.1, 0.15) is 10.6 Å². The predicted molar refractivity (Wildman–Crippen MR) is 127 cm³/mol. The Bertz CT molecular complexity index is 1240. The molecule has 0 bridgehead atoms. The molecule has 3 aromatic carbocycles. The monoisotopic (exact) mass is 472 g/mol. The van der Waals surface area contributed by atoms with Crippen molar-refractivity contribution in [1.29, 1.82) is 0 Å². The van der Waals surface area contributed by atoms with E-state index in [9.17, 15) is 13.2 Å². The van der Waals surface area contributed by atoms with Gasteiger partial charge in [-0.15, -0.1) is 0 Å². The highest BCUT2D eigenvalue weighted by Crippen LogP contribution is 2.27. The zero-order valence-electron chi connectivity index (χ0n) is 18.1. The van der Waals surface area contributed by atoms with Crippen LogP contribution in [0, 0.1) is 13.8 Å². The molecule has 0 atom stereocenters. The van der Waals surface area contributed by atoms with Gasteiger partial charge in [-0.3, -0.25) is 9.52 Å². The maximum Gasteiger partial charge on any atom is 0.263 e. The largest absolute Gasteiger partial charge is 0.494 e. The number of carbonyl (C=O) groups is 1. The predicted octanol–water partition coefficient (Wildman–Crippen LogP) is 5.09. The van der Waals surface area contributed by atoms with Gasteiger partial charge in [0.05, 0.1) is 17.3 Å². The third-order valence-corrected chi connectivity index (χ3v) is 6.63. The highest BCUT2D eigenvalue weighted by atomic mass is 35.5. The van der Waals surface area contributed by atoms with Crippen molar-refractivity contribution in [3.05, 3.63) is 87.9 Å². The molecule has 0 aromatic heterocycles. The Morgan fingerprint density at radius 3 is 2.56 bits per heavy atom. The van der Waals surface area contributed by atoms with Crippen molar-refractivity contribution in [2.45, 2.75) is 32.2 Å². The Balaban J connectivity index is 1.79. The minimum absolute atomic E-state index is 0.0313. The molecule has 2 N–H and O–H groups in total. The van der Waals surface area contributed by atoms with E-state index < -0.39 is 15.9 Å². The third-order valence-electron chi connectivity index (χ3n) is 4.78. The van der Waals surface area contributed by atoms with Gasteiger partial charge in [-0.1, -0.05) is 35.9 Å². The van der Waals surface area contributed by atoms with Crippen LogP contribution in [0.1, 0.15) is 34.0 Å². The normalized spacial score (nSPS) is 11.1. The SMILES string of the molecule is CCOc1cccc(CNC(=O)c2ccc(Cl)c(S(=O)(=O)Nc3cc(C)ccc3C)c2)c1. The van der Waals surface area contributed by atoms with Crippen molar-refractivity contribution in [3.8, 4) is 5.75 Å². The maximum absolute atomic E-state index is 13.0. The lowest BCUT2D eigenvalue weighted by atomic mass is 10.1. The summed E-state index contributed by atoms with van der Waals surface area (Å²) in [7, 11) is -4.00. The number of hydrogen-bond donors (Lipinski definition) is 2. The van der Waals surface area contributed by atoms with Crippen LogP contribution in [0.2, 0.25) is 5.02 Å². The first kappa shape index (κ1) is 23.6. The lowest BCUT2D eigenvalue weighted by Gasteiger charge is -2.13. The highest BCUT2D eigenvalue weighted by molar-refractivity contribution is 7.92. The first-order valence-electron chi connectivity index (χ1n) is 10.1. The molecule has 6 nitrogen and oxygen atoms in total. The molecule has 1 amide bonds. The number of anilines is 1. The van der Waals surface area contributed by atoms with Crippen LogP contribution in [-0.2, 0) is 16.6 Å². The van der Waals surface area contributed by atoms with E-state index in [0.717, 1.165) is 22.4 Å². The third kappa shape index (κ3) is 5.81. The Hall–Kier alpha value is -3.03. The molecule has 0 radical (unpaired) electrons. The van der Waals surface area contributed by atoms with Crippen molar-refractivity contribution in [3.63, 3.8) is 0 Å². The number of benzene rings is 3. The average Bonchev–Trinajstić information content (AvgIpc) is 2.75. The number of amides is 1. The summed E-state index contributed by atoms with van der Waals surface area (Å²) in [5.41, 5.74) is 3.21. The van der Waals surface area contributed by atoms with E-state index in [1.54, 1.807) is 6.07 Å². The van der Waals surface area contributed by atoms with Gasteiger partial charge in [-0.25, -0.2) is 8.42 Å². The van der Waals surface area contributed by atoms with Gasteiger partial charge in [0.25, 0.3) is 15.9 Å². The summed E-state index contributed by atoms with van der Waals surface area (Å²) >= 11 is 6.18. The second-order valence-corrected chi connectivity index (χ2v) is 9.39. The molecule has 0 aliphatic carbocycles. The van der Waals surface area contributed by atoms with Gasteiger partial charge in [0.15, 0.2) is 0 Å². The van der Waals surface area contributed by atoms with Crippen LogP contribution in [0.5, 0.6) is 5.75 Å². The van der Waals surface area contributed by atoms with Gasteiger partial charge in [0.2, 0.25) is 0 Å². The van der Waals surface area contributed by atoms with Crippen molar-refractivity contribution in [2.75, 3.05) is 11.3 Å². The number of carbonyl (C=O) groups excluding carboxylic acids is 1. The van der Waals surface area contributed by atoms with Crippen molar-refractivity contribution < 1.29 is 17.9 Å². The summed E-state index contributed by atoms with van der Waals surface area (Å²) in [4.78, 5) is 12.5. The minimum Gasteiger partial charge on any atom is -0.494 e. The average molecular weight is 473 g/mol. The molecule has 32 heavy (non-hydrogen) atoms. The fourth-order valence-corrected chi connectivity index (χ4v) is 4.74. The molecule has 168 valence electrons. The number of halogens is 1. The molecule has 0 saturated heterocycles. The number of rotatable bonds is 8. The molecule has 0 saturated carbocycles. The molecular weight excluding hydrogens is 448 g/mol. The Morgan fingerprint density at radius 2 is 1.81 bits per heavy atom. The molecule has 0 spiro atoms. The summed E-state index contributed by atoms with van der Waals surface area (Å²) in [6.07, 6.45) is 0. The number of aryl methyl sites for hydroxylation is 2. The van der Waals surface area contributed by atoms with Gasteiger partial charge in [-0.05, 0) is 73.9 Å². The van der Waals surface area contributed by atoms with E-state index >= 15 is 0 Å². The van der Waals surface area contributed by atoms with Gasteiger partial charge in [-0.2, -0.15) is 0 Å². The van der Waals surface area contributed by atoms with Gasteiger partial charge in [0, 0.05) is 12.1 Å². The van der Waals surface area contributed by atoms with E-state index in [0.29, 0.717) is 12.3 Å². The zero-order valence-corrected chi connectivity index (χ0v) is 19.7. The first-order valence-corrected chi connectivity index (χ1v) is 12.0. The Morgan fingerprint density at radius 1 is 1.03 bits per heavy atom. The minimum atomic E-state index is -4.00. The highest BCUT2D eigenvalue weighted by Gasteiger charge is 2.21. The second-order valence-electron chi connectivity index (χ2n) is 7.33. The standard InChI is InChI=1S/C24H25ClN2O4S/c1-4-31-20-7-5-6-18(13-20)15-26-24(28)19-10-11-21(25)23(14-19)32(29,30)27-22-12-16(2)8-9-17(22)3/h5-14,27H,4,15H2,1-3H3,(H,26,28). The van der Waals surface area contributed by atoms with E-state index in [-0.39, 0.29) is 22.0 Å². The van der Waals surface area contributed by atoms with Crippen LogP contribution >= 0.6 is 11.6 Å². The summed E-state index contributed by atoms with van der Waals surface area (Å²) in [5, 5.41) is 2.83. The molecule has 0 aliphatic rings. The molecular formula is C24H25ClN2O4S. The van der Waals surface area contributed by atoms with E-state index in [4.69, 9.17) is 16.3 Å². The topological polar surface area (TPSA) is 84.5 Å². The van der Waals surface area contributed by atoms with Crippen LogP contribution in [0.25, 0.3) is 0 Å². The Labute approximate surface area is 193 Å². The Kier molecular flexibility index (Phi) is 7.43. The van der Waals surface area contributed by atoms with Crippen molar-refractivity contribution >= 4 is 33.2 Å². The van der Waals surface area contributed by atoms with E-state index in [1.807, 2.05) is 57.2 Å². The maximum atomic E-state index is 13.0. The van der Waals surface area contributed by atoms with Crippen molar-refractivity contribution in [2.24, 2.45) is 0 Å². The van der Waals surface area contributed by atoms with E-state index in [2.05, 4.69) is 10.0 Å². The first-order chi connectivity index (χ1) is 15.2. The number of nitrogens with one attached hydrogen (secondary N) is 2. The fraction of sp³-hybridized carbons (Fsp3) is 0.208. The summed E-state index contributed by atoms with van der Waals surface area (Å²) in [5.74, 6) is 0.309. The van der Waals surface area contributed by atoms with Crippen LogP contribution in [0.15, 0.2) is 65.6 Å². The van der Waals surface area contributed by atoms with Crippen LogP contribution < -0.4 is 14.8 Å². The molecule has 3 aromatic rings. The second kappa shape index (κ2) is 10.1. The summed E-state index contributed by atoms with van der Waals surface area (Å²) in [6.45, 7) is 6.40. The lowest BCUT2D eigenvalue weighted by molar-refractivity contribution is 0.0950. The van der Waals surface area contributed by atoms with Crippen LogP contribution in [0.4, 0.5) is 5.69 Å². The molecule has 0 aliphatic heterocycles. The van der Waals surface area contributed by atoms with Crippen molar-refractivity contribution in [1.82, 2.24) is 5.32 Å². The molecule has 8 heteroatoms. The lowest BCUT2D eigenvalue weighted by Crippen LogP contribution is -2.23. The smallest absolute Gasteiger partial charge is 0.263 e. The zero-order chi connectivity index (χ0) is 23.3. The number of sulfonamides is 1. The van der Waals surface area contributed by atoms with Gasteiger partial charge >= 0.3 is 0 Å². The van der Waals surface area contributed by atoms with Crippen LogP contribution in [0.3, 0.4) is 0 Å². The number of ether oxygens (including phenoxy) is 1. The quantitative estimate of drug-likeness (QED) is 0.478.